The first kappa shape index (κ1) is 13.5. The second-order valence-electron chi connectivity index (χ2n) is 3.98. The van der Waals surface area contributed by atoms with Gasteiger partial charge in [0.05, 0.1) is 33.1 Å². The van der Waals surface area contributed by atoms with Crippen molar-refractivity contribution >= 4 is 27.5 Å². The maximum atomic E-state index is 6.25. The smallest absolute Gasteiger partial charge is 0.0908 e. The maximum absolute atomic E-state index is 6.25. The van der Waals surface area contributed by atoms with E-state index in [1.54, 1.807) is 18.5 Å². The minimum atomic E-state index is -0.314. The summed E-state index contributed by atoms with van der Waals surface area (Å²) in [6, 6.07) is 3.31. The third-order valence-electron chi connectivity index (χ3n) is 2.63. The Morgan fingerprint density at radius 1 is 1.44 bits per heavy atom. The van der Waals surface area contributed by atoms with Gasteiger partial charge in [-0.25, -0.2) is 0 Å². The summed E-state index contributed by atoms with van der Waals surface area (Å²) in [5.41, 5.74) is 7.96. The lowest BCUT2D eigenvalue weighted by molar-refractivity contribution is 0.556. The number of nitrogens with zero attached hydrogens (tertiary/aromatic N) is 3. The third-order valence-corrected chi connectivity index (χ3v) is 3.47. The molecule has 2 aromatic heterocycles. The summed E-state index contributed by atoms with van der Waals surface area (Å²) in [6.07, 6.45) is 4.37. The van der Waals surface area contributed by atoms with Gasteiger partial charge >= 0.3 is 0 Å². The predicted octanol–water partition coefficient (Wildman–Crippen LogP) is 3.15. The standard InChI is InChI=1S/C12H14BrClN4/c1-2-5-18-12(9(13)7-17-18)11(15)10-4-3-8(14)6-16-10/h3-4,6-7,11H,2,5,15H2,1H3. The van der Waals surface area contributed by atoms with E-state index in [0.29, 0.717) is 5.02 Å². The molecule has 0 aliphatic rings. The van der Waals surface area contributed by atoms with Gasteiger partial charge in [0, 0.05) is 12.7 Å². The van der Waals surface area contributed by atoms with Crippen molar-refractivity contribution in [2.45, 2.75) is 25.9 Å². The zero-order chi connectivity index (χ0) is 13.1. The Hall–Kier alpha value is -0.910. The van der Waals surface area contributed by atoms with E-state index in [2.05, 4.69) is 32.9 Å². The van der Waals surface area contributed by atoms with Crippen LogP contribution in [0.2, 0.25) is 5.02 Å². The molecule has 0 saturated heterocycles. The van der Waals surface area contributed by atoms with Crippen LogP contribution in [0.3, 0.4) is 0 Å². The van der Waals surface area contributed by atoms with Gasteiger partial charge in [-0.3, -0.25) is 9.67 Å². The predicted molar refractivity (Wildman–Crippen MR) is 75.5 cm³/mol. The first-order chi connectivity index (χ1) is 8.63. The molecule has 0 saturated carbocycles. The number of aryl methyl sites for hydroxylation is 1. The number of rotatable bonds is 4. The van der Waals surface area contributed by atoms with Gasteiger partial charge in [-0.15, -0.1) is 0 Å². The molecule has 4 nitrogen and oxygen atoms in total. The zero-order valence-electron chi connectivity index (χ0n) is 9.98. The van der Waals surface area contributed by atoms with E-state index >= 15 is 0 Å². The Morgan fingerprint density at radius 3 is 2.83 bits per heavy atom. The number of nitrogens with two attached hydrogens (primary N) is 1. The second-order valence-corrected chi connectivity index (χ2v) is 5.27. The van der Waals surface area contributed by atoms with Crippen molar-refractivity contribution in [3.63, 3.8) is 0 Å². The highest BCUT2D eigenvalue weighted by Gasteiger charge is 2.18. The van der Waals surface area contributed by atoms with Crippen molar-refractivity contribution in [3.8, 4) is 0 Å². The molecule has 18 heavy (non-hydrogen) atoms. The van der Waals surface area contributed by atoms with Gasteiger partial charge in [0.25, 0.3) is 0 Å². The molecule has 0 radical (unpaired) electrons. The molecule has 0 bridgehead atoms. The average molecular weight is 330 g/mol. The van der Waals surface area contributed by atoms with Crippen LogP contribution in [0.15, 0.2) is 29.0 Å². The number of hydrogen-bond donors (Lipinski definition) is 1. The van der Waals surface area contributed by atoms with E-state index in [0.717, 1.165) is 28.8 Å². The maximum Gasteiger partial charge on any atom is 0.0908 e. The van der Waals surface area contributed by atoms with Gasteiger partial charge in [-0.2, -0.15) is 5.10 Å². The monoisotopic (exact) mass is 328 g/mol. The lowest BCUT2D eigenvalue weighted by Crippen LogP contribution is -2.19. The first-order valence-electron chi connectivity index (χ1n) is 5.71. The Labute approximate surface area is 119 Å². The Balaban J connectivity index is 2.35. The topological polar surface area (TPSA) is 56.7 Å². The fourth-order valence-corrected chi connectivity index (χ4v) is 2.44. The molecule has 2 aromatic rings. The fraction of sp³-hybridized carbons (Fsp3) is 0.333. The van der Waals surface area contributed by atoms with Crippen molar-refractivity contribution in [3.05, 3.63) is 45.4 Å². The van der Waals surface area contributed by atoms with Gasteiger partial charge in [0.1, 0.15) is 0 Å². The lowest BCUT2D eigenvalue weighted by Gasteiger charge is -2.14. The van der Waals surface area contributed by atoms with Gasteiger partial charge < -0.3 is 5.73 Å². The SMILES string of the molecule is CCCn1ncc(Br)c1C(N)c1ccc(Cl)cn1. The minimum absolute atomic E-state index is 0.314. The number of aromatic nitrogens is 3. The fourth-order valence-electron chi connectivity index (χ4n) is 1.78. The molecule has 0 aliphatic heterocycles. The molecule has 2 heterocycles. The molecule has 0 spiro atoms. The average Bonchev–Trinajstić information content (AvgIpc) is 2.71. The van der Waals surface area contributed by atoms with Gasteiger partial charge in [0.2, 0.25) is 0 Å². The molecular formula is C12H14BrClN4. The first-order valence-corrected chi connectivity index (χ1v) is 6.88. The molecule has 0 aromatic carbocycles. The van der Waals surface area contributed by atoms with Crippen molar-refractivity contribution in [1.29, 1.82) is 0 Å². The van der Waals surface area contributed by atoms with Crippen LogP contribution >= 0.6 is 27.5 Å². The summed E-state index contributed by atoms with van der Waals surface area (Å²) in [4.78, 5) is 4.26. The summed E-state index contributed by atoms with van der Waals surface area (Å²) in [5, 5.41) is 4.91. The molecule has 0 aliphatic carbocycles. The van der Waals surface area contributed by atoms with Crippen LogP contribution in [-0.2, 0) is 6.54 Å². The quantitative estimate of drug-likeness (QED) is 0.937. The highest BCUT2D eigenvalue weighted by atomic mass is 79.9. The van der Waals surface area contributed by atoms with Crippen molar-refractivity contribution in [2.75, 3.05) is 0 Å². The zero-order valence-corrected chi connectivity index (χ0v) is 12.3. The third kappa shape index (κ3) is 2.74. The van der Waals surface area contributed by atoms with Crippen molar-refractivity contribution < 1.29 is 0 Å². The van der Waals surface area contributed by atoms with Crippen LogP contribution in [0.1, 0.15) is 30.8 Å². The lowest BCUT2D eigenvalue weighted by atomic mass is 10.1. The normalized spacial score (nSPS) is 12.7. The number of halogens is 2. The summed E-state index contributed by atoms with van der Waals surface area (Å²) >= 11 is 9.31. The largest absolute Gasteiger partial charge is 0.318 e. The van der Waals surface area contributed by atoms with Crippen LogP contribution in [-0.4, -0.2) is 14.8 Å². The van der Waals surface area contributed by atoms with Crippen LogP contribution in [0.5, 0.6) is 0 Å². The van der Waals surface area contributed by atoms with E-state index in [-0.39, 0.29) is 6.04 Å². The van der Waals surface area contributed by atoms with E-state index in [4.69, 9.17) is 17.3 Å². The highest BCUT2D eigenvalue weighted by molar-refractivity contribution is 9.10. The van der Waals surface area contributed by atoms with Gasteiger partial charge in [-0.05, 0) is 34.5 Å². The molecule has 0 fully saturated rings. The van der Waals surface area contributed by atoms with E-state index in [1.807, 2.05) is 10.7 Å². The Bertz CT molecular complexity index is 523. The molecule has 2 rings (SSSR count). The van der Waals surface area contributed by atoms with Crippen LogP contribution in [0.25, 0.3) is 0 Å². The number of pyridine rings is 1. The molecular weight excluding hydrogens is 316 g/mol. The second kappa shape index (κ2) is 5.82. The van der Waals surface area contributed by atoms with Crippen molar-refractivity contribution in [2.24, 2.45) is 5.73 Å². The summed E-state index contributed by atoms with van der Waals surface area (Å²) in [7, 11) is 0. The van der Waals surface area contributed by atoms with Crippen LogP contribution in [0, 0.1) is 0 Å². The molecule has 0 amide bonds. The van der Waals surface area contributed by atoms with E-state index in [1.165, 1.54) is 0 Å². The molecule has 6 heteroatoms. The molecule has 1 atom stereocenters. The minimum Gasteiger partial charge on any atom is -0.318 e. The Kier molecular flexibility index (Phi) is 4.37. The summed E-state index contributed by atoms with van der Waals surface area (Å²) in [6.45, 7) is 2.94. The Morgan fingerprint density at radius 2 is 2.22 bits per heavy atom. The molecule has 2 N–H and O–H groups in total. The van der Waals surface area contributed by atoms with Crippen LogP contribution in [0.4, 0.5) is 0 Å². The molecule has 1 unspecified atom stereocenters. The highest BCUT2D eigenvalue weighted by Crippen LogP contribution is 2.26. The van der Waals surface area contributed by atoms with Crippen LogP contribution < -0.4 is 5.73 Å². The van der Waals surface area contributed by atoms with E-state index < -0.39 is 0 Å². The van der Waals surface area contributed by atoms with Crippen molar-refractivity contribution in [1.82, 2.24) is 14.8 Å². The van der Waals surface area contributed by atoms with Gasteiger partial charge in [0.15, 0.2) is 0 Å². The molecule has 96 valence electrons. The van der Waals surface area contributed by atoms with Gasteiger partial charge in [-0.1, -0.05) is 18.5 Å². The summed E-state index contributed by atoms with van der Waals surface area (Å²) < 4.78 is 2.81. The summed E-state index contributed by atoms with van der Waals surface area (Å²) in [5.74, 6) is 0. The van der Waals surface area contributed by atoms with E-state index in [9.17, 15) is 0 Å². The number of hydrogen-bond acceptors (Lipinski definition) is 3.